The first kappa shape index (κ1) is 21.9. The molecule has 1 aliphatic heterocycles. The van der Waals surface area contributed by atoms with Crippen molar-refractivity contribution in [3.63, 3.8) is 0 Å². The van der Waals surface area contributed by atoms with E-state index in [0.717, 1.165) is 41.6 Å². The van der Waals surface area contributed by atoms with Gasteiger partial charge < -0.3 is 14.0 Å². The highest BCUT2D eigenvalue weighted by Crippen LogP contribution is 2.31. The van der Waals surface area contributed by atoms with Crippen molar-refractivity contribution in [2.75, 3.05) is 13.7 Å². The second-order valence-electron chi connectivity index (χ2n) is 7.56. The Kier molecular flexibility index (Phi) is 6.61. The van der Waals surface area contributed by atoms with Crippen LogP contribution in [-0.4, -0.2) is 44.7 Å². The predicted molar refractivity (Wildman–Crippen MR) is 125 cm³/mol. The molecular weight excluding hydrogens is 462 g/mol. The van der Waals surface area contributed by atoms with Crippen LogP contribution in [0.3, 0.4) is 0 Å². The van der Waals surface area contributed by atoms with Crippen molar-refractivity contribution < 1.29 is 14.0 Å². The van der Waals surface area contributed by atoms with Gasteiger partial charge in [0.1, 0.15) is 5.75 Å². The topological polar surface area (TPSA) is 88.1 Å². The van der Waals surface area contributed by atoms with Crippen LogP contribution in [0.15, 0.2) is 58.2 Å². The Labute approximate surface area is 200 Å². The summed E-state index contributed by atoms with van der Waals surface area (Å²) in [4.78, 5) is 4.54. The SMILES string of the molecule is COc1ccccc1-c1noc(CSc2nnc(-c3ccc(Cl)cc3)n2C[C@H]2CCCO2)n1. The standard InChI is InChI=1S/C23H22ClN5O3S/c1-30-19-7-3-2-6-18(19)21-25-20(32-28-21)14-33-23-27-26-22(15-8-10-16(24)11-9-15)29(23)13-17-5-4-12-31-17/h2-3,6-11,17H,4-5,12-14H2,1H3/t17-/m1/s1. The van der Waals surface area contributed by atoms with Crippen molar-refractivity contribution in [2.45, 2.75) is 36.4 Å². The van der Waals surface area contributed by atoms with Crippen molar-refractivity contribution in [3.05, 3.63) is 59.4 Å². The molecule has 4 aromatic rings. The van der Waals surface area contributed by atoms with E-state index >= 15 is 0 Å². The quantitative estimate of drug-likeness (QED) is 0.319. The molecule has 1 fully saturated rings. The van der Waals surface area contributed by atoms with Gasteiger partial charge in [-0.3, -0.25) is 4.57 Å². The molecule has 1 atom stereocenters. The van der Waals surface area contributed by atoms with Gasteiger partial charge in [-0.05, 0) is 49.2 Å². The third kappa shape index (κ3) is 4.90. The third-order valence-corrected chi connectivity index (χ3v) is 6.57. The van der Waals surface area contributed by atoms with Gasteiger partial charge in [0.15, 0.2) is 11.0 Å². The molecular formula is C23H22ClN5O3S. The Morgan fingerprint density at radius 2 is 2.00 bits per heavy atom. The smallest absolute Gasteiger partial charge is 0.237 e. The van der Waals surface area contributed by atoms with Crippen molar-refractivity contribution in [2.24, 2.45) is 0 Å². The van der Waals surface area contributed by atoms with Crippen molar-refractivity contribution in [1.29, 1.82) is 0 Å². The van der Waals surface area contributed by atoms with E-state index < -0.39 is 0 Å². The molecule has 1 aliphatic rings. The fraction of sp³-hybridized carbons (Fsp3) is 0.304. The van der Waals surface area contributed by atoms with Crippen LogP contribution in [-0.2, 0) is 17.0 Å². The highest BCUT2D eigenvalue weighted by molar-refractivity contribution is 7.98. The van der Waals surface area contributed by atoms with E-state index in [1.165, 1.54) is 11.8 Å². The number of nitrogens with zero attached hydrogens (tertiary/aromatic N) is 5. The second-order valence-corrected chi connectivity index (χ2v) is 8.94. The molecule has 33 heavy (non-hydrogen) atoms. The van der Waals surface area contributed by atoms with Crippen molar-refractivity contribution in [1.82, 2.24) is 24.9 Å². The average Bonchev–Trinajstić information content (AvgIpc) is 3.60. The van der Waals surface area contributed by atoms with E-state index in [4.69, 9.17) is 25.6 Å². The van der Waals surface area contributed by atoms with E-state index in [-0.39, 0.29) is 6.10 Å². The van der Waals surface area contributed by atoms with Gasteiger partial charge in [-0.25, -0.2) is 0 Å². The van der Waals surface area contributed by atoms with Crippen LogP contribution < -0.4 is 4.74 Å². The molecule has 0 unspecified atom stereocenters. The number of hydrogen-bond donors (Lipinski definition) is 0. The molecule has 0 spiro atoms. The van der Waals surface area contributed by atoms with E-state index in [0.29, 0.717) is 34.8 Å². The Balaban J connectivity index is 1.37. The first-order valence-electron chi connectivity index (χ1n) is 10.6. The Hall–Kier alpha value is -2.88. The molecule has 0 radical (unpaired) electrons. The molecule has 170 valence electrons. The van der Waals surface area contributed by atoms with Gasteiger partial charge in [-0.2, -0.15) is 4.98 Å². The minimum absolute atomic E-state index is 0.145. The molecule has 10 heteroatoms. The van der Waals surface area contributed by atoms with Gasteiger partial charge in [0, 0.05) is 17.2 Å². The first-order chi connectivity index (χ1) is 16.2. The number of para-hydroxylation sites is 1. The summed E-state index contributed by atoms with van der Waals surface area (Å²) in [5.74, 6) is 2.93. The number of hydrogen-bond acceptors (Lipinski definition) is 8. The maximum atomic E-state index is 6.07. The number of benzene rings is 2. The van der Waals surface area contributed by atoms with Gasteiger partial charge in [-0.15, -0.1) is 10.2 Å². The average molecular weight is 484 g/mol. The Morgan fingerprint density at radius 3 is 2.79 bits per heavy atom. The zero-order chi connectivity index (χ0) is 22.6. The fourth-order valence-corrected chi connectivity index (χ4v) is 4.65. The molecule has 2 aromatic heterocycles. The summed E-state index contributed by atoms with van der Waals surface area (Å²) in [6, 6.07) is 15.2. The van der Waals surface area contributed by atoms with Crippen LogP contribution >= 0.6 is 23.4 Å². The molecule has 0 bridgehead atoms. The summed E-state index contributed by atoms with van der Waals surface area (Å²) in [5, 5.41) is 14.5. The lowest BCUT2D eigenvalue weighted by Crippen LogP contribution is -2.16. The van der Waals surface area contributed by atoms with Crippen LogP contribution in [0.5, 0.6) is 5.75 Å². The summed E-state index contributed by atoms with van der Waals surface area (Å²) in [5.41, 5.74) is 1.74. The maximum absolute atomic E-state index is 6.07. The van der Waals surface area contributed by atoms with Gasteiger partial charge in [0.25, 0.3) is 0 Å². The van der Waals surface area contributed by atoms with E-state index in [1.807, 2.05) is 48.5 Å². The predicted octanol–water partition coefficient (Wildman–Crippen LogP) is 5.13. The maximum Gasteiger partial charge on any atom is 0.237 e. The van der Waals surface area contributed by atoms with E-state index in [9.17, 15) is 0 Å². The zero-order valence-corrected chi connectivity index (χ0v) is 19.6. The number of halogens is 1. The largest absolute Gasteiger partial charge is 0.496 e. The van der Waals surface area contributed by atoms with E-state index in [2.05, 4.69) is 24.9 Å². The van der Waals surface area contributed by atoms with Crippen LogP contribution in [0, 0.1) is 0 Å². The molecule has 0 N–H and O–H groups in total. The monoisotopic (exact) mass is 483 g/mol. The second kappa shape index (κ2) is 9.94. The fourth-order valence-electron chi connectivity index (χ4n) is 3.74. The molecule has 1 saturated heterocycles. The molecule has 5 rings (SSSR count). The summed E-state index contributed by atoms with van der Waals surface area (Å²) in [7, 11) is 1.62. The number of thioether (sulfide) groups is 1. The lowest BCUT2D eigenvalue weighted by Gasteiger charge is -2.14. The molecule has 0 aliphatic carbocycles. The van der Waals surface area contributed by atoms with Crippen molar-refractivity contribution >= 4 is 23.4 Å². The van der Waals surface area contributed by atoms with Crippen LogP contribution in [0.1, 0.15) is 18.7 Å². The highest BCUT2D eigenvalue weighted by Gasteiger charge is 2.22. The number of aromatic nitrogens is 5. The van der Waals surface area contributed by atoms with Gasteiger partial charge in [0.05, 0.1) is 31.1 Å². The lowest BCUT2D eigenvalue weighted by atomic mass is 10.2. The third-order valence-electron chi connectivity index (χ3n) is 5.37. The number of methoxy groups -OCH3 is 1. The Morgan fingerprint density at radius 1 is 1.15 bits per heavy atom. The Bertz CT molecular complexity index is 1220. The molecule has 0 saturated carbocycles. The summed E-state index contributed by atoms with van der Waals surface area (Å²) < 4.78 is 18.9. The van der Waals surface area contributed by atoms with Gasteiger partial charge in [0.2, 0.25) is 11.7 Å². The summed E-state index contributed by atoms with van der Waals surface area (Å²) >= 11 is 7.57. The number of ether oxygens (including phenoxy) is 2. The van der Waals surface area contributed by atoms with Gasteiger partial charge in [-0.1, -0.05) is 40.7 Å². The normalized spacial score (nSPS) is 15.8. The number of rotatable bonds is 8. The summed E-state index contributed by atoms with van der Waals surface area (Å²) in [6.45, 7) is 1.48. The minimum Gasteiger partial charge on any atom is -0.496 e. The molecule has 0 amide bonds. The van der Waals surface area contributed by atoms with Crippen molar-refractivity contribution in [3.8, 4) is 28.5 Å². The molecule has 2 aromatic carbocycles. The van der Waals surface area contributed by atoms with Crippen LogP contribution in [0.25, 0.3) is 22.8 Å². The lowest BCUT2D eigenvalue weighted by molar-refractivity contribution is 0.0953. The molecule has 8 nitrogen and oxygen atoms in total. The van der Waals surface area contributed by atoms with E-state index in [1.54, 1.807) is 7.11 Å². The van der Waals surface area contributed by atoms with Crippen LogP contribution in [0.4, 0.5) is 0 Å². The minimum atomic E-state index is 0.145. The zero-order valence-electron chi connectivity index (χ0n) is 18.0. The summed E-state index contributed by atoms with van der Waals surface area (Å²) in [6.07, 6.45) is 2.24. The van der Waals surface area contributed by atoms with Crippen LogP contribution in [0.2, 0.25) is 5.02 Å². The first-order valence-corrected chi connectivity index (χ1v) is 12.0. The highest BCUT2D eigenvalue weighted by atomic mass is 35.5. The van der Waals surface area contributed by atoms with Gasteiger partial charge >= 0.3 is 0 Å². The molecule has 3 heterocycles.